The van der Waals surface area contributed by atoms with Crippen LogP contribution in [0.2, 0.25) is 0 Å². The van der Waals surface area contributed by atoms with E-state index in [1.165, 1.54) is 5.56 Å². The second kappa shape index (κ2) is 7.41. The molecule has 2 heterocycles. The SMILES string of the molecule is CCCNCc1cnc(N2CCCN(C)C(=O)C2)c(C)c1. The molecular weight excluding hydrogens is 264 g/mol. The monoisotopic (exact) mass is 290 g/mol. The summed E-state index contributed by atoms with van der Waals surface area (Å²) >= 11 is 0. The number of carbonyl (C=O) groups excluding carboxylic acids is 1. The molecule has 1 aromatic rings. The Hall–Kier alpha value is -1.62. The molecule has 1 amide bonds. The summed E-state index contributed by atoms with van der Waals surface area (Å²) in [5.74, 6) is 1.11. The van der Waals surface area contributed by atoms with Crippen molar-refractivity contribution in [2.45, 2.75) is 33.2 Å². The number of pyridine rings is 1. The average Bonchev–Trinajstić information content (AvgIpc) is 2.62. The molecule has 0 aromatic carbocycles. The first kappa shape index (κ1) is 15.8. The van der Waals surface area contributed by atoms with Crippen LogP contribution < -0.4 is 10.2 Å². The third-order valence-electron chi connectivity index (χ3n) is 3.84. The minimum atomic E-state index is 0.169. The second-order valence-electron chi connectivity index (χ2n) is 5.75. The van der Waals surface area contributed by atoms with E-state index in [-0.39, 0.29) is 5.91 Å². The molecule has 0 spiro atoms. The number of nitrogens with zero attached hydrogens (tertiary/aromatic N) is 3. The minimum Gasteiger partial charge on any atom is -0.347 e. The van der Waals surface area contributed by atoms with Crippen molar-refractivity contribution in [2.24, 2.45) is 0 Å². The van der Waals surface area contributed by atoms with E-state index in [1.807, 2.05) is 13.2 Å². The van der Waals surface area contributed by atoms with Crippen LogP contribution in [0.5, 0.6) is 0 Å². The van der Waals surface area contributed by atoms with Gasteiger partial charge in [0.25, 0.3) is 0 Å². The maximum atomic E-state index is 12.0. The molecule has 0 radical (unpaired) electrons. The summed E-state index contributed by atoms with van der Waals surface area (Å²) in [6.07, 6.45) is 4.04. The van der Waals surface area contributed by atoms with Crippen LogP contribution in [-0.4, -0.2) is 49.0 Å². The fraction of sp³-hybridized carbons (Fsp3) is 0.625. The van der Waals surface area contributed by atoms with Gasteiger partial charge in [0.1, 0.15) is 5.82 Å². The topological polar surface area (TPSA) is 48.5 Å². The molecule has 116 valence electrons. The fourth-order valence-electron chi connectivity index (χ4n) is 2.63. The summed E-state index contributed by atoms with van der Waals surface area (Å²) in [6.45, 7) is 8.25. The van der Waals surface area contributed by atoms with Crippen LogP contribution in [-0.2, 0) is 11.3 Å². The highest BCUT2D eigenvalue weighted by atomic mass is 16.2. The highest BCUT2D eigenvalue weighted by Gasteiger charge is 2.21. The summed E-state index contributed by atoms with van der Waals surface area (Å²) in [5, 5.41) is 3.39. The van der Waals surface area contributed by atoms with E-state index in [2.05, 4.69) is 35.1 Å². The van der Waals surface area contributed by atoms with Gasteiger partial charge in [-0.3, -0.25) is 4.79 Å². The zero-order chi connectivity index (χ0) is 15.2. The van der Waals surface area contributed by atoms with E-state index < -0.39 is 0 Å². The summed E-state index contributed by atoms with van der Waals surface area (Å²) in [6, 6.07) is 2.17. The van der Waals surface area contributed by atoms with Gasteiger partial charge in [0.2, 0.25) is 5.91 Å². The fourth-order valence-corrected chi connectivity index (χ4v) is 2.63. The van der Waals surface area contributed by atoms with Crippen LogP contribution in [0.1, 0.15) is 30.9 Å². The molecule has 1 saturated heterocycles. The molecule has 2 rings (SSSR count). The number of nitrogens with one attached hydrogen (secondary N) is 1. The lowest BCUT2D eigenvalue weighted by Gasteiger charge is -2.23. The van der Waals surface area contributed by atoms with Gasteiger partial charge in [0.15, 0.2) is 0 Å². The van der Waals surface area contributed by atoms with Gasteiger partial charge in [-0.15, -0.1) is 0 Å². The number of hydrogen-bond donors (Lipinski definition) is 1. The minimum absolute atomic E-state index is 0.169. The van der Waals surface area contributed by atoms with E-state index in [1.54, 1.807) is 4.90 Å². The van der Waals surface area contributed by atoms with Crippen molar-refractivity contribution in [2.75, 3.05) is 38.1 Å². The number of hydrogen-bond acceptors (Lipinski definition) is 4. The lowest BCUT2D eigenvalue weighted by molar-refractivity contribution is -0.127. The number of anilines is 1. The van der Waals surface area contributed by atoms with Gasteiger partial charge in [-0.05, 0) is 43.5 Å². The molecule has 0 saturated carbocycles. The van der Waals surface area contributed by atoms with E-state index in [9.17, 15) is 4.79 Å². The Morgan fingerprint density at radius 3 is 2.90 bits per heavy atom. The molecule has 5 heteroatoms. The van der Waals surface area contributed by atoms with E-state index >= 15 is 0 Å². The normalized spacial score (nSPS) is 16.2. The molecule has 1 fully saturated rings. The van der Waals surface area contributed by atoms with Gasteiger partial charge in [0.05, 0.1) is 6.54 Å². The third-order valence-corrected chi connectivity index (χ3v) is 3.84. The largest absolute Gasteiger partial charge is 0.347 e. The molecule has 1 aromatic heterocycles. The summed E-state index contributed by atoms with van der Waals surface area (Å²) in [5.41, 5.74) is 2.34. The van der Waals surface area contributed by atoms with Crippen molar-refractivity contribution in [3.63, 3.8) is 0 Å². The average molecular weight is 290 g/mol. The van der Waals surface area contributed by atoms with Crippen LogP contribution >= 0.6 is 0 Å². The van der Waals surface area contributed by atoms with Gasteiger partial charge in [-0.2, -0.15) is 0 Å². The predicted molar refractivity (Wildman–Crippen MR) is 85.4 cm³/mol. The number of aromatic nitrogens is 1. The number of likely N-dealkylation sites (N-methyl/N-ethyl adjacent to an activating group) is 1. The molecule has 0 unspecified atom stereocenters. The molecule has 0 bridgehead atoms. The van der Waals surface area contributed by atoms with E-state index in [0.717, 1.165) is 50.4 Å². The molecular formula is C16H26N4O. The molecule has 0 atom stereocenters. The smallest absolute Gasteiger partial charge is 0.241 e. The summed E-state index contributed by atoms with van der Waals surface area (Å²) in [7, 11) is 1.87. The Morgan fingerprint density at radius 1 is 1.38 bits per heavy atom. The quantitative estimate of drug-likeness (QED) is 0.836. The maximum Gasteiger partial charge on any atom is 0.241 e. The van der Waals surface area contributed by atoms with Crippen molar-refractivity contribution in [3.8, 4) is 0 Å². The first-order valence-corrected chi connectivity index (χ1v) is 7.77. The van der Waals surface area contributed by atoms with Crippen LogP contribution in [0.3, 0.4) is 0 Å². The maximum absolute atomic E-state index is 12.0. The van der Waals surface area contributed by atoms with Gasteiger partial charge >= 0.3 is 0 Å². The van der Waals surface area contributed by atoms with Crippen molar-refractivity contribution in [1.29, 1.82) is 0 Å². The van der Waals surface area contributed by atoms with Crippen molar-refractivity contribution in [3.05, 3.63) is 23.4 Å². The third kappa shape index (κ3) is 4.17. The molecule has 1 N–H and O–H groups in total. The van der Waals surface area contributed by atoms with Crippen LogP contribution in [0.4, 0.5) is 5.82 Å². The predicted octanol–water partition coefficient (Wildman–Crippen LogP) is 1.56. The molecule has 5 nitrogen and oxygen atoms in total. The Morgan fingerprint density at radius 2 is 2.19 bits per heavy atom. The van der Waals surface area contributed by atoms with Crippen LogP contribution in [0, 0.1) is 6.92 Å². The number of amides is 1. The Kier molecular flexibility index (Phi) is 5.56. The Labute approximate surface area is 127 Å². The zero-order valence-electron chi connectivity index (χ0n) is 13.4. The second-order valence-corrected chi connectivity index (χ2v) is 5.75. The lowest BCUT2D eigenvalue weighted by Crippen LogP contribution is -2.35. The van der Waals surface area contributed by atoms with Crippen LogP contribution in [0.15, 0.2) is 12.3 Å². The standard InChI is InChI=1S/C16H26N4O/c1-4-6-17-10-14-9-13(2)16(18-11-14)20-8-5-7-19(3)15(21)12-20/h9,11,17H,4-8,10,12H2,1-3H3. The highest BCUT2D eigenvalue weighted by Crippen LogP contribution is 2.19. The molecule has 0 aliphatic carbocycles. The van der Waals surface area contributed by atoms with Gasteiger partial charge < -0.3 is 15.1 Å². The van der Waals surface area contributed by atoms with Crippen LogP contribution in [0.25, 0.3) is 0 Å². The summed E-state index contributed by atoms with van der Waals surface area (Å²) in [4.78, 5) is 20.5. The van der Waals surface area contributed by atoms with Gasteiger partial charge in [-0.1, -0.05) is 6.92 Å². The first-order chi connectivity index (χ1) is 10.1. The van der Waals surface area contributed by atoms with Crippen molar-refractivity contribution < 1.29 is 4.79 Å². The number of carbonyl (C=O) groups is 1. The number of rotatable bonds is 5. The van der Waals surface area contributed by atoms with E-state index in [4.69, 9.17) is 0 Å². The highest BCUT2D eigenvalue weighted by molar-refractivity contribution is 5.81. The van der Waals surface area contributed by atoms with Crippen molar-refractivity contribution in [1.82, 2.24) is 15.2 Å². The summed E-state index contributed by atoms with van der Waals surface area (Å²) < 4.78 is 0. The molecule has 21 heavy (non-hydrogen) atoms. The number of aryl methyl sites for hydroxylation is 1. The first-order valence-electron chi connectivity index (χ1n) is 7.77. The van der Waals surface area contributed by atoms with E-state index in [0.29, 0.717) is 6.54 Å². The van der Waals surface area contributed by atoms with Gasteiger partial charge in [0, 0.05) is 32.9 Å². The zero-order valence-corrected chi connectivity index (χ0v) is 13.4. The Bertz CT molecular complexity index is 489. The molecule has 1 aliphatic heterocycles. The lowest BCUT2D eigenvalue weighted by atomic mass is 10.2. The molecule has 1 aliphatic rings. The van der Waals surface area contributed by atoms with Gasteiger partial charge in [-0.25, -0.2) is 4.98 Å². The Balaban J connectivity index is 2.07. The van der Waals surface area contributed by atoms with Crippen molar-refractivity contribution >= 4 is 11.7 Å².